The van der Waals surface area contributed by atoms with Crippen molar-refractivity contribution < 1.29 is 13.2 Å². The van der Waals surface area contributed by atoms with Crippen LogP contribution in [0.2, 0.25) is 0 Å². The van der Waals surface area contributed by atoms with E-state index < -0.39 is 11.9 Å². The molecule has 0 spiro atoms. The molecular formula is C18H10BrF3N4. The first-order valence-corrected chi connectivity index (χ1v) is 8.35. The summed E-state index contributed by atoms with van der Waals surface area (Å²) in [4.78, 5) is 8.34. The number of pyridine rings is 1. The molecule has 130 valence electrons. The Balaban J connectivity index is 2.02. The second-order valence-corrected chi connectivity index (χ2v) is 6.48. The van der Waals surface area contributed by atoms with Crippen molar-refractivity contribution in [2.24, 2.45) is 0 Å². The molecular weight excluding hydrogens is 409 g/mol. The lowest BCUT2D eigenvalue weighted by Gasteiger charge is -2.11. The van der Waals surface area contributed by atoms with Gasteiger partial charge in [-0.2, -0.15) is 18.3 Å². The van der Waals surface area contributed by atoms with Crippen molar-refractivity contribution in [2.75, 3.05) is 0 Å². The van der Waals surface area contributed by atoms with E-state index in [0.29, 0.717) is 11.1 Å². The van der Waals surface area contributed by atoms with Crippen LogP contribution in [0.3, 0.4) is 0 Å². The second-order valence-electron chi connectivity index (χ2n) is 5.56. The Morgan fingerprint density at radius 3 is 2.42 bits per heavy atom. The normalized spacial score (nSPS) is 11.8. The predicted octanol–water partition coefficient (Wildman–Crippen LogP) is 5.24. The Morgan fingerprint density at radius 1 is 0.962 bits per heavy atom. The van der Waals surface area contributed by atoms with Crippen LogP contribution in [0, 0.1) is 0 Å². The Hall–Kier alpha value is -2.74. The molecule has 26 heavy (non-hydrogen) atoms. The fourth-order valence-corrected chi connectivity index (χ4v) is 3.09. The first kappa shape index (κ1) is 16.7. The standard InChI is InChI=1S/C18H10BrF3N4/c19-13-3-1-2-12(8-13)14-10-24-26-16(18(20,21)22)9-15(25-17(14)26)11-4-6-23-7-5-11/h1-10H. The summed E-state index contributed by atoms with van der Waals surface area (Å²) in [6.07, 6.45) is -0.140. The molecule has 0 aliphatic rings. The van der Waals surface area contributed by atoms with Gasteiger partial charge in [-0.3, -0.25) is 4.98 Å². The topological polar surface area (TPSA) is 43.1 Å². The molecule has 1 aromatic carbocycles. The highest BCUT2D eigenvalue weighted by Gasteiger charge is 2.35. The summed E-state index contributed by atoms with van der Waals surface area (Å²) in [6.45, 7) is 0. The molecule has 0 N–H and O–H groups in total. The zero-order valence-corrected chi connectivity index (χ0v) is 14.7. The van der Waals surface area contributed by atoms with Gasteiger partial charge in [-0.25, -0.2) is 9.50 Å². The van der Waals surface area contributed by atoms with E-state index in [1.165, 1.54) is 18.6 Å². The average Bonchev–Trinajstić information content (AvgIpc) is 3.04. The molecule has 0 radical (unpaired) electrons. The highest BCUT2D eigenvalue weighted by Crippen LogP contribution is 2.35. The van der Waals surface area contributed by atoms with E-state index in [0.717, 1.165) is 20.6 Å². The van der Waals surface area contributed by atoms with Gasteiger partial charge in [-0.05, 0) is 35.9 Å². The van der Waals surface area contributed by atoms with Crippen LogP contribution in [-0.2, 0) is 6.18 Å². The number of rotatable bonds is 2. The maximum Gasteiger partial charge on any atom is 0.433 e. The second kappa shape index (κ2) is 6.21. The van der Waals surface area contributed by atoms with E-state index in [1.807, 2.05) is 12.1 Å². The summed E-state index contributed by atoms with van der Waals surface area (Å²) in [7, 11) is 0. The number of fused-ring (bicyclic) bond motifs is 1. The van der Waals surface area contributed by atoms with E-state index in [-0.39, 0.29) is 11.3 Å². The summed E-state index contributed by atoms with van der Waals surface area (Å²) in [5, 5.41) is 3.93. The van der Waals surface area contributed by atoms with Gasteiger partial charge in [0, 0.05) is 28.0 Å². The molecule has 0 atom stereocenters. The predicted molar refractivity (Wildman–Crippen MR) is 94.4 cm³/mol. The van der Waals surface area contributed by atoms with E-state index in [1.54, 1.807) is 24.3 Å². The van der Waals surface area contributed by atoms with Gasteiger partial charge in [0.2, 0.25) is 0 Å². The zero-order valence-electron chi connectivity index (χ0n) is 13.1. The Morgan fingerprint density at radius 2 is 1.73 bits per heavy atom. The Labute approximate surface area is 154 Å². The van der Waals surface area contributed by atoms with Crippen LogP contribution >= 0.6 is 15.9 Å². The van der Waals surface area contributed by atoms with E-state index >= 15 is 0 Å². The van der Waals surface area contributed by atoms with E-state index in [9.17, 15) is 13.2 Å². The molecule has 0 saturated heterocycles. The summed E-state index contributed by atoms with van der Waals surface area (Å²) in [5.74, 6) is 0. The summed E-state index contributed by atoms with van der Waals surface area (Å²) in [6, 6.07) is 11.5. The smallest absolute Gasteiger partial charge is 0.265 e. The quantitative estimate of drug-likeness (QED) is 0.447. The molecule has 4 aromatic rings. The van der Waals surface area contributed by atoms with Crippen molar-refractivity contribution in [3.05, 3.63) is 71.2 Å². The van der Waals surface area contributed by atoms with Crippen LogP contribution in [-0.4, -0.2) is 19.6 Å². The molecule has 8 heteroatoms. The Bertz CT molecular complexity index is 1090. The minimum atomic E-state index is -4.57. The van der Waals surface area contributed by atoms with Crippen molar-refractivity contribution in [1.82, 2.24) is 19.6 Å². The number of hydrogen-bond acceptors (Lipinski definition) is 3. The van der Waals surface area contributed by atoms with Gasteiger partial charge in [0.1, 0.15) is 0 Å². The van der Waals surface area contributed by atoms with Gasteiger partial charge < -0.3 is 0 Å². The van der Waals surface area contributed by atoms with Gasteiger partial charge in [0.05, 0.1) is 11.9 Å². The summed E-state index contributed by atoms with van der Waals surface area (Å²) in [5.41, 5.74) is 1.27. The number of alkyl halides is 3. The van der Waals surface area contributed by atoms with Gasteiger partial charge >= 0.3 is 6.18 Å². The number of halogens is 4. The van der Waals surface area contributed by atoms with Crippen molar-refractivity contribution >= 4 is 21.6 Å². The highest BCUT2D eigenvalue weighted by molar-refractivity contribution is 9.10. The van der Waals surface area contributed by atoms with Crippen LogP contribution in [0.4, 0.5) is 13.2 Å². The van der Waals surface area contributed by atoms with Crippen LogP contribution in [0.1, 0.15) is 5.69 Å². The fraction of sp³-hybridized carbons (Fsp3) is 0.0556. The van der Waals surface area contributed by atoms with Crippen LogP contribution < -0.4 is 0 Å². The highest BCUT2D eigenvalue weighted by atomic mass is 79.9. The Kier molecular flexibility index (Phi) is 3.99. The molecule has 4 rings (SSSR count). The third-order valence-corrected chi connectivity index (χ3v) is 4.37. The molecule has 0 amide bonds. The van der Waals surface area contributed by atoms with Crippen molar-refractivity contribution in [2.45, 2.75) is 6.18 Å². The number of benzene rings is 1. The molecule has 3 heterocycles. The van der Waals surface area contributed by atoms with E-state index in [2.05, 4.69) is 31.0 Å². The minimum absolute atomic E-state index is 0.143. The van der Waals surface area contributed by atoms with Crippen molar-refractivity contribution in [1.29, 1.82) is 0 Å². The largest absolute Gasteiger partial charge is 0.433 e. The lowest BCUT2D eigenvalue weighted by molar-refractivity contribution is -0.142. The molecule has 0 unspecified atom stereocenters. The number of aromatic nitrogens is 4. The monoisotopic (exact) mass is 418 g/mol. The summed E-state index contributed by atoms with van der Waals surface area (Å²) >= 11 is 3.37. The number of nitrogens with zero attached hydrogens (tertiary/aromatic N) is 4. The fourth-order valence-electron chi connectivity index (χ4n) is 2.69. The number of hydrogen-bond donors (Lipinski definition) is 0. The lowest BCUT2D eigenvalue weighted by atomic mass is 10.1. The maximum atomic E-state index is 13.6. The van der Waals surface area contributed by atoms with Crippen molar-refractivity contribution in [3.63, 3.8) is 0 Å². The SMILES string of the molecule is FC(F)(F)c1cc(-c2ccncc2)nc2c(-c3cccc(Br)c3)cnn12. The molecule has 3 aromatic heterocycles. The van der Waals surface area contributed by atoms with Crippen molar-refractivity contribution in [3.8, 4) is 22.4 Å². The molecule has 0 aliphatic carbocycles. The third-order valence-electron chi connectivity index (χ3n) is 3.87. The molecule has 0 bridgehead atoms. The first-order chi connectivity index (χ1) is 12.4. The van der Waals surface area contributed by atoms with Crippen LogP contribution in [0.15, 0.2) is 65.5 Å². The molecule has 0 fully saturated rings. The molecule has 0 aliphatic heterocycles. The van der Waals surface area contributed by atoms with Crippen LogP contribution in [0.25, 0.3) is 28.0 Å². The average molecular weight is 419 g/mol. The minimum Gasteiger partial charge on any atom is -0.265 e. The van der Waals surface area contributed by atoms with Gasteiger partial charge in [0.25, 0.3) is 0 Å². The van der Waals surface area contributed by atoms with E-state index in [4.69, 9.17) is 0 Å². The third kappa shape index (κ3) is 2.96. The van der Waals surface area contributed by atoms with Crippen LogP contribution in [0.5, 0.6) is 0 Å². The zero-order chi connectivity index (χ0) is 18.3. The first-order valence-electron chi connectivity index (χ1n) is 7.56. The van der Waals surface area contributed by atoms with Gasteiger partial charge in [-0.1, -0.05) is 28.1 Å². The maximum absolute atomic E-state index is 13.6. The molecule has 0 saturated carbocycles. The van der Waals surface area contributed by atoms with Gasteiger partial charge in [0.15, 0.2) is 11.3 Å². The van der Waals surface area contributed by atoms with Gasteiger partial charge in [-0.15, -0.1) is 0 Å². The lowest BCUT2D eigenvalue weighted by Crippen LogP contribution is -2.13. The summed E-state index contributed by atoms with van der Waals surface area (Å²) < 4.78 is 42.4. The molecule has 4 nitrogen and oxygen atoms in total.